The summed E-state index contributed by atoms with van der Waals surface area (Å²) in [5, 5.41) is 23.1. The highest BCUT2D eigenvalue weighted by Gasteiger charge is 2.25. The van der Waals surface area contributed by atoms with E-state index < -0.39 is 10.8 Å². The Bertz CT molecular complexity index is 1480. The molecule has 1 saturated heterocycles. The lowest BCUT2D eigenvalue weighted by atomic mass is 10.0. The van der Waals surface area contributed by atoms with Crippen LogP contribution in [0.2, 0.25) is 0 Å². The number of nitro groups is 1. The number of hydrogen-bond donors (Lipinski definition) is 1. The normalized spacial score (nSPS) is 14.4. The van der Waals surface area contributed by atoms with Gasteiger partial charge in [-0.2, -0.15) is 0 Å². The molecule has 8 nitrogen and oxygen atoms in total. The van der Waals surface area contributed by atoms with Gasteiger partial charge in [0.05, 0.1) is 28.3 Å². The lowest BCUT2D eigenvalue weighted by Gasteiger charge is -2.14. The van der Waals surface area contributed by atoms with Gasteiger partial charge in [0.1, 0.15) is 0 Å². The number of likely N-dealkylation sites (tertiary alicyclic amines) is 1. The van der Waals surface area contributed by atoms with E-state index in [1.54, 1.807) is 6.07 Å². The molecule has 0 amide bonds. The quantitative estimate of drug-likeness (QED) is 0.205. The predicted molar refractivity (Wildman–Crippen MR) is 143 cm³/mol. The molecule has 0 spiro atoms. The van der Waals surface area contributed by atoms with Crippen molar-refractivity contribution in [2.75, 3.05) is 13.1 Å². The van der Waals surface area contributed by atoms with E-state index in [0.29, 0.717) is 23.2 Å². The number of nitro benzene ring substituents is 1. The summed E-state index contributed by atoms with van der Waals surface area (Å²) < 4.78 is 1.10. The number of rotatable bonds is 7. The Balaban J connectivity index is 1.56. The summed E-state index contributed by atoms with van der Waals surface area (Å²) in [6, 6.07) is 22.1. The second kappa shape index (κ2) is 10.4. The van der Waals surface area contributed by atoms with Crippen LogP contribution in [-0.4, -0.2) is 44.2 Å². The molecule has 0 unspecified atom stereocenters. The van der Waals surface area contributed by atoms with Gasteiger partial charge in [0.15, 0.2) is 0 Å². The number of aliphatic imine (C=N–C) groups is 1. The lowest BCUT2D eigenvalue weighted by Crippen LogP contribution is -2.18. The molecule has 3 aromatic carbocycles. The summed E-state index contributed by atoms with van der Waals surface area (Å²) in [6.07, 6.45) is 2.52. The smallest absolute Gasteiger partial charge is 0.271 e. The molecule has 1 aliphatic heterocycles. The minimum Gasteiger partial charge on any atom is -0.494 e. The Hall–Kier alpha value is -4.30. The zero-order valence-electron chi connectivity index (χ0n) is 20.6. The zero-order valence-corrected chi connectivity index (χ0v) is 20.6. The number of non-ortho nitro benzene ring substituents is 1. The van der Waals surface area contributed by atoms with Crippen molar-refractivity contribution in [2.45, 2.75) is 32.9 Å². The van der Waals surface area contributed by atoms with E-state index in [1.807, 2.05) is 30.3 Å². The molecule has 0 saturated carbocycles. The van der Waals surface area contributed by atoms with Crippen LogP contribution in [0.5, 0.6) is 5.88 Å². The van der Waals surface area contributed by atoms with Crippen LogP contribution in [0.15, 0.2) is 77.8 Å². The third-order valence-corrected chi connectivity index (χ3v) is 6.78. The van der Waals surface area contributed by atoms with Gasteiger partial charge in [-0.15, -0.1) is 0 Å². The number of fused-ring (bicyclic) bond motifs is 1. The molecule has 8 heteroatoms. The maximum absolute atomic E-state index is 12.5. The lowest BCUT2D eigenvalue weighted by molar-refractivity contribution is -0.384. The molecular formula is C29H28N4O4. The van der Waals surface area contributed by atoms with Gasteiger partial charge in [-0.05, 0) is 43.1 Å². The molecule has 1 fully saturated rings. The number of benzene rings is 3. The first-order valence-electron chi connectivity index (χ1n) is 12.4. The molecule has 2 heterocycles. The maximum Gasteiger partial charge on any atom is 0.271 e. The third kappa shape index (κ3) is 5.01. The summed E-state index contributed by atoms with van der Waals surface area (Å²) in [6.45, 7) is 4.92. The number of carbonyl (C=O) groups is 1. The van der Waals surface area contributed by atoms with Gasteiger partial charge < -0.3 is 5.11 Å². The van der Waals surface area contributed by atoms with E-state index in [4.69, 9.17) is 4.99 Å². The molecule has 37 heavy (non-hydrogen) atoms. The van der Waals surface area contributed by atoms with Crippen molar-refractivity contribution in [1.82, 2.24) is 9.47 Å². The van der Waals surface area contributed by atoms with Gasteiger partial charge in [-0.1, -0.05) is 54.6 Å². The average Bonchev–Trinajstić information content (AvgIpc) is 3.51. The molecule has 0 atom stereocenters. The van der Waals surface area contributed by atoms with Gasteiger partial charge in [0, 0.05) is 36.6 Å². The monoisotopic (exact) mass is 496 g/mol. The van der Waals surface area contributed by atoms with Gasteiger partial charge in [0.25, 0.3) is 5.69 Å². The summed E-state index contributed by atoms with van der Waals surface area (Å²) in [7, 11) is 0. The van der Waals surface area contributed by atoms with Crippen molar-refractivity contribution in [3.8, 4) is 5.88 Å². The average molecular weight is 497 g/mol. The Labute approximate surface area is 214 Å². The molecule has 188 valence electrons. The second-order valence-corrected chi connectivity index (χ2v) is 9.34. The first-order valence-corrected chi connectivity index (χ1v) is 12.4. The molecule has 1 aromatic heterocycles. The highest BCUT2D eigenvalue weighted by atomic mass is 16.6. The van der Waals surface area contributed by atoms with Crippen LogP contribution in [0.4, 0.5) is 5.69 Å². The molecule has 1 N–H and O–H groups in total. The first-order chi connectivity index (χ1) is 17.9. The topological polar surface area (TPSA) is 101 Å². The second-order valence-electron chi connectivity index (χ2n) is 9.34. The number of aromatic nitrogens is 1. The highest BCUT2D eigenvalue weighted by molar-refractivity contribution is 6.22. The standard InChI is InChI=1S/C29H28N4O4/c1-20(34)32-26-17-24(33(36)37)13-14-25(26)27(29(32)35)28(23-7-3-2-4-8-23)30-18-21-9-11-22(12-10-21)19-31-15-5-6-16-31/h2-4,7-14,17,35H,5-6,15-16,18-19H2,1H3. The van der Waals surface area contributed by atoms with Crippen LogP contribution in [0.1, 0.15) is 46.8 Å². The summed E-state index contributed by atoms with van der Waals surface area (Å²) in [5.41, 5.74) is 4.04. The molecule has 0 bridgehead atoms. The number of hydrogen-bond acceptors (Lipinski definition) is 6. The van der Waals surface area contributed by atoms with Gasteiger partial charge >= 0.3 is 0 Å². The summed E-state index contributed by atoms with van der Waals surface area (Å²) in [5.74, 6) is -0.734. The van der Waals surface area contributed by atoms with Gasteiger partial charge in [0.2, 0.25) is 11.8 Å². The Morgan fingerprint density at radius 2 is 1.68 bits per heavy atom. The fraction of sp³-hybridized carbons (Fsp3) is 0.241. The molecule has 0 aliphatic carbocycles. The van der Waals surface area contributed by atoms with Crippen molar-refractivity contribution in [3.05, 3.63) is 105 Å². The number of nitrogens with zero attached hydrogens (tertiary/aromatic N) is 4. The largest absolute Gasteiger partial charge is 0.494 e. The molecule has 1 aliphatic rings. The van der Waals surface area contributed by atoms with E-state index in [0.717, 1.165) is 35.3 Å². The van der Waals surface area contributed by atoms with E-state index in [9.17, 15) is 20.0 Å². The van der Waals surface area contributed by atoms with Crippen LogP contribution in [0.3, 0.4) is 0 Å². The molecule has 5 rings (SSSR count). The van der Waals surface area contributed by atoms with Crippen molar-refractivity contribution in [1.29, 1.82) is 0 Å². The van der Waals surface area contributed by atoms with Crippen LogP contribution in [-0.2, 0) is 13.1 Å². The minimum atomic E-state index is -0.521. The van der Waals surface area contributed by atoms with Gasteiger partial charge in [-0.25, -0.2) is 4.57 Å². The molecule has 0 radical (unpaired) electrons. The van der Waals surface area contributed by atoms with Crippen LogP contribution >= 0.6 is 0 Å². The maximum atomic E-state index is 12.5. The van der Waals surface area contributed by atoms with Crippen LogP contribution < -0.4 is 0 Å². The summed E-state index contributed by atoms with van der Waals surface area (Å²) >= 11 is 0. The Morgan fingerprint density at radius 3 is 2.32 bits per heavy atom. The minimum absolute atomic E-state index is 0.161. The third-order valence-electron chi connectivity index (χ3n) is 6.78. The molecule has 4 aromatic rings. The SMILES string of the molecule is CC(=O)n1c(O)c(C(=NCc2ccc(CN3CCCC3)cc2)c2ccccc2)c2ccc([N+](=O)[O-])cc21. The van der Waals surface area contributed by atoms with Gasteiger partial charge in [-0.3, -0.25) is 24.8 Å². The zero-order chi connectivity index (χ0) is 25.9. The van der Waals surface area contributed by atoms with E-state index in [-0.39, 0.29) is 17.1 Å². The highest BCUT2D eigenvalue weighted by Crippen LogP contribution is 2.35. The first kappa shape index (κ1) is 24.4. The van der Waals surface area contributed by atoms with Crippen molar-refractivity contribution in [3.63, 3.8) is 0 Å². The van der Waals surface area contributed by atoms with Crippen molar-refractivity contribution >= 4 is 28.2 Å². The van der Waals surface area contributed by atoms with E-state index >= 15 is 0 Å². The van der Waals surface area contributed by atoms with Crippen LogP contribution in [0, 0.1) is 10.1 Å². The fourth-order valence-electron chi connectivity index (χ4n) is 4.96. The number of carbonyl (C=O) groups excluding carboxylic acids is 1. The van der Waals surface area contributed by atoms with Crippen molar-refractivity contribution < 1.29 is 14.8 Å². The summed E-state index contributed by atoms with van der Waals surface area (Å²) in [4.78, 5) is 30.7. The predicted octanol–water partition coefficient (Wildman–Crippen LogP) is 5.55. The van der Waals surface area contributed by atoms with E-state index in [1.165, 1.54) is 37.5 Å². The fourth-order valence-corrected chi connectivity index (χ4v) is 4.96. The van der Waals surface area contributed by atoms with E-state index in [2.05, 4.69) is 29.2 Å². The van der Waals surface area contributed by atoms with Crippen molar-refractivity contribution in [2.24, 2.45) is 4.99 Å². The Kier molecular flexibility index (Phi) is 6.83. The van der Waals surface area contributed by atoms with Crippen LogP contribution in [0.25, 0.3) is 10.9 Å². The Morgan fingerprint density at radius 1 is 1.00 bits per heavy atom. The molecular weight excluding hydrogens is 468 g/mol. The number of aromatic hydroxyl groups is 1.